The summed E-state index contributed by atoms with van der Waals surface area (Å²) >= 11 is 0. The largest absolute Gasteiger partial charge is 0.273 e. The van der Waals surface area contributed by atoms with Crippen molar-refractivity contribution in [3.8, 4) is 0 Å². The molecule has 0 atom stereocenters. The first-order valence-electron chi connectivity index (χ1n) is 4.73. The Kier molecular flexibility index (Phi) is 2.58. The molecule has 14 heavy (non-hydrogen) atoms. The third kappa shape index (κ3) is 2.19. The molecule has 1 amide bonds. The van der Waals surface area contributed by atoms with E-state index in [-0.39, 0.29) is 5.91 Å². The Bertz CT molecular complexity index is 357. The van der Waals surface area contributed by atoms with Crippen molar-refractivity contribution in [2.75, 3.05) is 0 Å². The summed E-state index contributed by atoms with van der Waals surface area (Å²) in [5.74, 6) is 0.00746. The fourth-order valence-electron chi connectivity index (χ4n) is 1.48. The Morgan fingerprint density at radius 2 is 2.00 bits per heavy atom. The van der Waals surface area contributed by atoms with Crippen molar-refractivity contribution >= 4 is 11.6 Å². The van der Waals surface area contributed by atoms with Gasteiger partial charge in [-0.2, -0.15) is 5.10 Å². The zero-order valence-corrected chi connectivity index (χ0v) is 7.86. The van der Waals surface area contributed by atoms with Gasteiger partial charge in [0, 0.05) is 5.71 Å². The van der Waals surface area contributed by atoms with Crippen LogP contribution in [0.4, 0.5) is 0 Å². The van der Waals surface area contributed by atoms with Gasteiger partial charge in [0.15, 0.2) is 0 Å². The molecule has 0 unspecified atom stereocenters. The van der Waals surface area contributed by atoms with E-state index >= 15 is 0 Å². The van der Waals surface area contributed by atoms with E-state index in [4.69, 9.17) is 0 Å². The highest BCUT2D eigenvalue weighted by Crippen LogP contribution is 2.07. The van der Waals surface area contributed by atoms with Crippen molar-refractivity contribution in [2.24, 2.45) is 5.10 Å². The lowest BCUT2D eigenvalue weighted by Gasteiger charge is -1.98. The number of carbonyl (C=O) groups excluding carboxylic acids is 1. The fraction of sp³-hybridized carbons (Fsp3) is 0.273. The predicted octanol–water partition coefficient (Wildman–Crippen LogP) is 1.50. The van der Waals surface area contributed by atoms with Crippen LogP contribution in [0.25, 0.3) is 0 Å². The van der Waals surface area contributed by atoms with Crippen molar-refractivity contribution in [1.82, 2.24) is 5.43 Å². The van der Waals surface area contributed by atoms with Crippen LogP contribution >= 0.6 is 0 Å². The van der Waals surface area contributed by atoms with Gasteiger partial charge in [0.05, 0.1) is 6.42 Å². The Morgan fingerprint density at radius 1 is 1.21 bits per heavy atom. The highest BCUT2D eigenvalue weighted by Gasteiger charge is 2.13. The second-order valence-electron chi connectivity index (χ2n) is 3.38. The molecule has 2 rings (SSSR count). The maximum absolute atomic E-state index is 10.8. The van der Waals surface area contributed by atoms with Crippen LogP contribution in [0.3, 0.4) is 0 Å². The number of hydrogen-bond donors (Lipinski definition) is 1. The zero-order valence-electron chi connectivity index (χ0n) is 7.86. The standard InChI is InChI=1S/C11H12N2O/c14-11-8-10(12-13-11)7-6-9-4-2-1-3-5-9/h1-5H,6-8H2,(H,13,14). The van der Waals surface area contributed by atoms with E-state index < -0.39 is 0 Å². The van der Waals surface area contributed by atoms with Gasteiger partial charge in [-0.25, -0.2) is 5.43 Å². The number of carbonyl (C=O) groups is 1. The monoisotopic (exact) mass is 188 g/mol. The molecule has 72 valence electrons. The van der Waals surface area contributed by atoms with Crippen LogP contribution in [0.2, 0.25) is 0 Å². The number of nitrogens with one attached hydrogen (secondary N) is 1. The Hall–Kier alpha value is -1.64. The SMILES string of the molecule is O=C1CC(CCc2ccccc2)=NN1. The predicted molar refractivity (Wildman–Crippen MR) is 55.0 cm³/mol. The minimum Gasteiger partial charge on any atom is -0.273 e. The minimum atomic E-state index is 0.00746. The van der Waals surface area contributed by atoms with Crippen LogP contribution in [0.5, 0.6) is 0 Å². The summed E-state index contributed by atoms with van der Waals surface area (Å²) in [5.41, 5.74) is 4.70. The first kappa shape index (κ1) is 8.94. The first-order valence-corrected chi connectivity index (χ1v) is 4.73. The van der Waals surface area contributed by atoms with Gasteiger partial charge in [0.2, 0.25) is 5.91 Å². The van der Waals surface area contributed by atoms with E-state index in [1.165, 1.54) is 5.56 Å². The number of amides is 1. The number of rotatable bonds is 3. The van der Waals surface area contributed by atoms with Gasteiger partial charge < -0.3 is 0 Å². The normalized spacial score (nSPS) is 15.1. The second kappa shape index (κ2) is 4.05. The van der Waals surface area contributed by atoms with Crippen molar-refractivity contribution in [3.63, 3.8) is 0 Å². The van der Waals surface area contributed by atoms with Gasteiger partial charge in [0.25, 0.3) is 0 Å². The smallest absolute Gasteiger partial charge is 0.245 e. The maximum atomic E-state index is 10.8. The average Bonchev–Trinajstić information content (AvgIpc) is 2.63. The third-order valence-electron chi connectivity index (χ3n) is 2.25. The van der Waals surface area contributed by atoms with Gasteiger partial charge in [-0.05, 0) is 18.4 Å². The van der Waals surface area contributed by atoms with Gasteiger partial charge in [0.1, 0.15) is 0 Å². The lowest BCUT2D eigenvalue weighted by atomic mass is 10.1. The first-order chi connectivity index (χ1) is 6.84. The van der Waals surface area contributed by atoms with E-state index in [0.29, 0.717) is 6.42 Å². The lowest BCUT2D eigenvalue weighted by Crippen LogP contribution is -2.09. The average molecular weight is 188 g/mol. The molecule has 0 saturated carbocycles. The summed E-state index contributed by atoms with van der Waals surface area (Å²) in [4.78, 5) is 10.8. The Morgan fingerprint density at radius 3 is 2.64 bits per heavy atom. The number of nitrogens with zero attached hydrogens (tertiary/aromatic N) is 1. The van der Waals surface area contributed by atoms with E-state index in [1.54, 1.807) is 0 Å². The van der Waals surface area contributed by atoms with Crippen LogP contribution in [-0.4, -0.2) is 11.6 Å². The molecule has 1 aliphatic heterocycles. The highest BCUT2D eigenvalue weighted by atomic mass is 16.2. The molecule has 1 aromatic rings. The number of hydrogen-bond acceptors (Lipinski definition) is 2. The minimum absolute atomic E-state index is 0.00746. The number of benzene rings is 1. The molecule has 0 radical (unpaired) electrons. The molecular formula is C11H12N2O. The number of aryl methyl sites for hydroxylation is 1. The molecule has 0 aliphatic carbocycles. The van der Waals surface area contributed by atoms with Crippen LogP contribution in [0.1, 0.15) is 18.4 Å². The van der Waals surface area contributed by atoms with Crippen LogP contribution in [-0.2, 0) is 11.2 Å². The molecule has 0 saturated heterocycles. The Balaban J connectivity index is 1.86. The highest BCUT2D eigenvalue weighted by molar-refractivity contribution is 6.04. The van der Waals surface area contributed by atoms with Crippen LogP contribution < -0.4 is 5.43 Å². The summed E-state index contributed by atoms with van der Waals surface area (Å²) in [5, 5.41) is 3.95. The molecule has 0 fully saturated rings. The van der Waals surface area contributed by atoms with E-state index in [2.05, 4.69) is 22.7 Å². The summed E-state index contributed by atoms with van der Waals surface area (Å²) in [6, 6.07) is 10.2. The van der Waals surface area contributed by atoms with Crippen molar-refractivity contribution < 1.29 is 4.79 Å². The molecule has 0 spiro atoms. The third-order valence-corrected chi connectivity index (χ3v) is 2.25. The molecule has 1 aromatic carbocycles. The second-order valence-corrected chi connectivity index (χ2v) is 3.38. The molecule has 0 aromatic heterocycles. The summed E-state index contributed by atoms with van der Waals surface area (Å²) in [6.07, 6.45) is 2.28. The maximum Gasteiger partial charge on any atom is 0.245 e. The quantitative estimate of drug-likeness (QED) is 0.767. The van der Waals surface area contributed by atoms with Crippen molar-refractivity contribution in [2.45, 2.75) is 19.3 Å². The van der Waals surface area contributed by atoms with Crippen molar-refractivity contribution in [1.29, 1.82) is 0 Å². The molecular weight excluding hydrogens is 176 g/mol. The van der Waals surface area contributed by atoms with Crippen LogP contribution in [0.15, 0.2) is 35.4 Å². The van der Waals surface area contributed by atoms with E-state index in [9.17, 15) is 4.79 Å². The topological polar surface area (TPSA) is 41.5 Å². The number of hydrazone groups is 1. The molecule has 3 nitrogen and oxygen atoms in total. The van der Waals surface area contributed by atoms with Crippen molar-refractivity contribution in [3.05, 3.63) is 35.9 Å². The van der Waals surface area contributed by atoms with Gasteiger partial charge >= 0.3 is 0 Å². The van der Waals surface area contributed by atoms with Gasteiger partial charge in [-0.15, -0.1) is 0 Å². The van der Waals surface area contributed by atoms with Crippen LogP contribution in [0, 0.1) is 0 Å². The molecule has 1 N–H and O–H groups in total. The van der Waals surface area contributed by atoms with Gasteiger partial charge in [-0.3, -0.25) is 4.79 Å². The summed E-state index contributed by atoms with van der Waals surface area (Å²) < 4.78 is 0. The summed E-state index contributed by atoms with van der Waals surface area (Å²) in [7, 11) is 0. The Labute approximate surface area is 82.8 Å². The van der Waals surface area contributed by atoms with Gasteiger partial charge in [-0.1, -0.05) is 30.3 Å². The molecule has 0 bridgehead atoms. The molecule has 1 aliphatic rings. The van der Waals surface area contributed by atoms with E-state index in [0.717, 1.165) is 18.6 Å². The summed E-state index contributed by atoms with van der Waals surface area (Å²) in [6.45, 7) is 0. The zero-order chi connectivity index (χ0) is 9.80. The molecule has 3 heteroatoms. The lowest BCUT2D eigenvalue weighted by molar-refractivity contribution is -0.119. The van der Waals surface area contributed by atoms with E-state index in [1.807, 2.05) is 18.2 Å². The molecule has 1 heterocycles. The fourth-order valence-corrected chi connectivity index (χ4v) is 1.48.